The third kappa shape index (κ3) is 11.3. The van der Waals surface area contributed by atoms with Gasteiger partial charge in [-0.3, -0.25) is 0 Å². The Kier molecular flexibility index (Phi) is 15.2. The van der Waals surface area contributed by atoms with E-state index in [9.17, 15) is 0 Å². The lowest BCUT2D eigenvalue weighted by atomic mass is 10.1. The van der Waals surface area contributed by atoms with Gasteiger partial charge in [0.15, 0.2) is 0 Å². The van der Waals surface area contributed by atoms with Gasteiger partial charge in [0.1, 0.15) is 0 Å². The van der Waals surface area contributed by atoms with Gasteiger partial charge in [-0.15, -0.1) is 22.7 Å². The molecule has 2 heterocycles. The second-order valence-electron chi connectivity index (χ2n) is 11.2. The Labute approximate surface area is 231 Å². The lowest BCUT2D eigenvalue weighted by Gasteiger charge is -2.01. The van der Waals surface area contributed by atoms with E-state index in [1.54, 1.807) is 9.75 Å². The van der Waals surface area contributed by atoms with Crippen molar-refractivity contribution in [2.24, 2.45) is 0 Å². The molecule has 36 heavy (non-hydrogen) atoms. The molecule has 0 radical (unpaired) electrons. The number of aryl methyl sites for hydroxylation is 2. The fourth-order valence-corrected chi connectivity index (χ4v) is 7.77. The molecule has 2 heteroatoms. The quantitative estimate of drug-likeness (QED) is 0.114. The molecule has 0 fully saturated rings. The predicted molar refractivity (Wildman–Crippen MR) is 168 cm³/mol. The summed E-state index contributed by atoms with van der Waals surface area (Å²) in [6.07, 6.45) is 31.0. The second-order valence-corrected chi connectivity index (χ2v) is 13.6. The molecule has 3 rings (SSSR count). The van der Waals surface area contributed by atoms with Gasteiger partial charge >= 0.3 is 0 Å². The maximum absolute atomic E-state index is 2.48. The van der Waals surface area contributed by atoms with Crippen LogP contribution in [0.1, 0.15) is 152 Å². The molecule has 0 aliphatic rings. The van der Waals surface area contributed by atoms with E-state index >= 15 is 0 Å². The van der Waals surface area contributed by atoms with Crippen molar-refractivity contribution in [1.29, 1.82) is 0 Å². The summed E-state index contributed by atoms with van der Waals surface area (Å²) in [5.74, 6) is 0. The number of hydrogen-bond acceptors (Lipinski definition) is 2. The molecular weight excluding hydrogens is 473 g/mol. The first-order valence-electron chi connectivity index (χ1n) is 15.7. The summed E-state index contributed by atoms with van der Waals surface area (Å²) < 4.78 is 2.99. The highest BCUT2D eigenvalue weighted by Gasteiger charge is 2.08. The van der Waals surface area contributed by atoms with Gasteiger partial charge in [0.05, 0.1) is 0 Å². The minimum Gasteiger partial charge on any atom is -0.140 e. The highest BCUT2D eigenvalue weighted by atomic mass is 32.1. The monoisotopic (exact) mass is 526 g/mol. The molecule has 3 aromatic rings. The smallest absolute Gasteiger partial charge is 0.0352 e. The van der Waals surface area contributed by atoms with Crippen molar-refractivity contribution in [1.82, 2.24) is 0 Å². The highest BCUT2D eigenvalue weighted by Crippen LogP contribution is 2.35. The molecule has 0 nitrogen and oxygen atoms in total. The molecule has 0 spiro atoms. The van der Waals surface area contributed by atoms with Crippen LogP contribution in [0.5, 0.6) is 0 Å². The number of unbranched alkanes of at least 4 members (excludes halogenated alkanes) is 18. The Morgan fingerprint density at radius 3 is 1.03 bits per heavy atom. The van der Waals surface area contributed by atoms with Crippen LogP contribution in [0, 0.1) is 0 Å². The van der Waals surface area contributed by atoms with Gasteiger partial charge in [0.2, 0.25) is 0 Å². The van der Waals surface area contributed by atoms with Gasteiger partial charge < -0.3 is 0 Å². The van der Waals surface area contributed by atoms with Gasteiger partial charge in [-0.05, 0) is 60.7 Å². The normalized spacial score (nSPS) is 11.8. The first kappa shape index (κ1) is 29.7. The number of rotatable bonds is 22. The van der Waals surface area contributed by atoms with Crippen LogP contribution in [0.15, 0.2) is 24.3 Å². The summed E-state index contributed by atoms with van der Waals surface area (Å²) in [7, 11) is 0. The maximum Gasteiger partial charge on any atom is 0.0352 e. The summed E-state index contributed by atoms with van der Waals surface area (Å²) in [5.41, 5.74) is 0. The van der Waals surface area contributed by atoms with Crippen molar-refractivity contribution >= 4 is 42.8 Å². The third-order valence-corrected chi connectivity index (χ3v) is 10.1. The number of thiophene rings is 2. The SMILES string of the molecule is CCCCCCCCCCCCc1cc2cc3sc(CCCCCCCCCCCC)cc3cc2s1. The van der Waals surface area contributed by atoms with Crippen LogP contribution in [0.2, 0.25) is 0 Å². The molecule has 0 N–H and O–H groups in total. The molecule has 0 saturated heterocycles. The van der Waals surface area contributed by atoms with Gasteiger partial charge in [-0.2, -0.15) is 0 Å². The van der Waals surface area contributed by atoms with Crippen molar-refractivity contribution in [3.05, 3.63) is 34.0 Å². The minimum absolute atomic E-state index is 1.27. The van der Waals surface area contributed by atoms with Crippen molar-refractivity contribution in [2.45, 2.75) is 155 Å². The van der Waals surface area contributed by atoms with Crippen molar-refractivity contribution in [3.63, 3.8) is 0 Å². The van der Waals surface area contributed by atoms with Gasteiger partial charge in [0.25, 0.3) is 0 Å². The number of hydrogen-bond donors (Lipinski definition) is 0. The molecule has 2 aromatic heterocycles. The molecule has 0 saturated carbocycles. The van der Waals surface area contributed by atoms with E-state index in [2.05, 4.69) is 38.1 Å². The molecule has 0 amide bonds. The largest absolute Gasteiger partial charge is 0.140 e. The van der Waals surface area contributed by atoms with Crippen LogP contribution in [-0.4, -0.2) is 0 Å². The van der Waals surface area contributed by atoms with E-state index in [-0.39, 0.29) is 0 Å². The zero-order valence-corrected chi connectivity index (χ0v) is 25.3. The first-order chi connectivity index (χ1) is 17.8. The zero-order chi connectivity index (χ0) is 25.3. The average molecular weight is 527 g/mol. The summed E-state index contributed by atoms with van der Waals surface area (Å²) in [6, 6.07) is 9.90. The fraction of sp³-hybridized carbons (Fsp3) is 0.706. The van der Waals surface area contributed by atoms with Crippen molar-refractivity contribution < 1.29 is 0 Å². The molecule has 202 valence electrons. The second kappa shape index (κ2) is 18.4. The van der Waals surface area contributed by atoms with Crippen LogP contribution >= 0.6 is 22.7 Å². The first-order valence-corrected chi connectivity index (χ1v) is 17.4. The fourth-order valence-electron chi connectivity index (χ4n) is 5.50. The molecule has 1 aromatic carbocycles. The lowest BCUT2D eigenvalue weighted by molar-refractivity contribution is 0.557. The van der Waals surface area contributed by atoms with Crippen molar-refractivity contribution in [2.75, 3.05) is 0 Å². The van der Waals surface area contributed by atoms with E-state index in [1.165, 1.54) is 161 Å². The molecule has 0 bridgehead atoms. The van der Waals surface area contributed by atoms with Crippen LogP contribution in [-0.2, 0) is 12.8 Å². The summed E-state index contributed by atoms with van der Waals surface area (Å²) in [4.78, 5) is 3.18. The van der Waals surface area contributed by atoms with E-state index in [1.807, 2.05) is 22.7 Å². The lowest BCUT2D eigenvalue weighted by Crippen LogP contribution is -1.84. The van der Waals surface area contributed by atoms with E-state index in [0.717, 1.165) is 0 Å². The molecule has 0 unspecified atom stereocenters. The Balaban J connectivity index is 1.30. The maximum atomic E-state index is 2.48. The van der Waals surface area contributed by atoms with Gasteiger partial charge in [-0.1, -0.05) is 129 Å². The molecular formula is C34H54S2. The number of fused-ring (bicyclic) bond motifs is 2. The van der Waals surface area contributed by atoms with Crippen LogP contribution in [0.4, 0.5) is 0 Å². The van der Waals surface area contributed by atoms with Gasteiger partial charge in [-0.25, -0.2) is 0 Å². The average Bonchev–Trinajstić information content (AvgIpc) is 3.46. The molecule has 0 atom stereocenters. The van der Waals surface area contributed by atoms with Crippen LogP contribution in [0.3, 0.4) is 0 Å². The number of benzene rings is 1. The van der Waals surface area contributed by atoms with E-state index in [0.29, 0.717) is 0 Å². The predicted octanol–water partition coefficient (Wildman–Crippen LogP) is 13.0. The topological polar surface area (TPSA) is 0 Å². The minimum atomic E-state index is 1.27. The van der Waals surface area contributed by atoms with Crippen LogP contribution in [0.25, 0.3) is 20.2 Å². The van der Waals surface area contributed by atoms with E-state index in [4.69, 9.17) is 0 Å². The third-order valence-electron chi connectivity index (χ3n) is 7.81. The highest BCUT2D eigenvalue weighted by molar-refractivity contribution is 7.20. The summed E-state index contributed by atoms with van der Waals surface area (Å²) >= 11 is 4.08. The summed E-state index contributed by atoms with van der Waals surface area (Å²) in [5, 5.41) is 2.95. The molecule has 0 aliphatic heterocycles. The van der Waals surface area contributed by atoms with E-state index < -0.39 is 0 Å². The zero-order valence-electron chi connectivity index (χ0n) is 23.7. The molecule has 0 aliphatic carbocycles. The summed E-state index contributed by atoms with van der Waals surface area (Å²) in [6.45, 7) is 4.60. The Hall–Kier alpha value is -0.860. The standard InChI is InChI=1S/C34H54S2/c1-3-5-7-9-11-13-15-17-19-21-23-31-25-29-27-34-30(28-33(29)35-31)26-32(36-34)24-22-20-18-16-14-12-10-8-6-4-2/h25-28H,3-24H2,1-2H3. The Bertz CT molecular complexity index is 822. The van der Waals surface area contributed by atoms with Gasteiger partial charge in [0, 0.05) is 19.2 Å². The van der Waals surface area contributed by atoms with Crippen LogP contribution < -0.4 is 0 Å². The Morgan fingerprint density at radius 2 is 0.694 bits per heavy atom. The Morgan fingerprint density at radius 1 is 0.389 bits per heavy atom. The van der Waals surface area contributed by atoms with Crippen molar-refractivity contribution in [3.8, 4) is 0 Å².